The Hall–Kier alpha value is -3.78. The monoisotopic (exact) mass is 524 g/mol. The van der Waals surface area contributed by atoms with Crippen molar-refractivity contribution in [1.82, 2.24) is 34.4 Å². The minimum Gasteiger partial charge on any atom is -0.760 e. The minimum atomic E-state index is -2.61. The van der Waals surface area contributed by atoms with Gasteiger partial charge in [-0.1, -0.05) is 6.07 Å². The van der Waals surface area contributed by atoms with Crippen LogP contribution in [0.3, 0.4) is 0 Å². The smallest absolute Gasteiger partial charge is 0.170 e. The van der Waals surface area contributed by atoms with E-state index >= 15 is 0 Å². The largest absolute Gasteiger partial charge is 0.760 e. The van der Waals surface area contributed by atoms with Crippen molar-refractivity contribution in [3.63, 3.8) is 0 Å². The summed E-state index contributed by atoms with van der Waals surface area (Å²) < 4.78 is 44.9. The fourth-order valence-electron chi connectivity index (χ4n) is 3.99. The van der Waals surface area contributed by atoms with Gasteiger partial charge in [-0.2, -0.15) is 0 Å². The third-order valence-corrected chi connectivity index (χ3v) is 6.13. The van der Waals surface area contributed by atoms with Crippen molar-refractivity contribution in [2.24, 2.45) is 0 Å². The second-order valence-electron chi connectivity index (χ2n) is 7.93. The Labute approximate surface area is 216 Å². The molecule has 4 aromatic rings. The molecule has 0 bridgehead atoms. The van der Waals surface area contributed by atoms with Gasteiger partial charge in [0.05, 0.1) is 37.8 Å². The summed E-state index contributed by atoms with van der Waals surface area (Å²) >= 11 is -2.61. The van der Waals surface area contributed by atoms with E-state index in [1.165, 1.54) is 7.11 Å². The van der Waals surface area contributed by atoms with Crippen LogP contribution in [0, 0.1) is 6.92 Å². The highest BCUT2D eigenvalue weighted by atomic mass is 32.2. The molecule has 0 radical (unpaired) electrons. The Kier molecular flexibility index (Phi) is 8.50. The van der Waals surface area contributed by atoms with E-state index in [0.29, 0.717) is 40.1 Å². The van der Waals surface area contributed by atoms with E-state index in [2.05, 4.69) is 29.9 Å². The molecule has 0 spiro atoms. The van der Waals surface area contributed by atoms with Crippen molar-refractivity contribution >= 4 is 11.3 Å². The van der Waals surface area contributed by atoms with Crippen molar-refractivity contribution in [3.8, 4) is 28.6 Å². The molecule has 1 aromatic carbocycles. The first-order valence-corrected chi connectivity index (χ1v) is 12.3. The number of nitrogens with one attached hydrogen (secondary N) is 1. The third-order valence-electron chi connectivity index (χ3n) is 5.64. The Balaban J connectivity index is 1.88. The summed E-state index contributed by atoms with van der Waals surface area (Å²) in [5, 5.41) is 8.86. The van der Waals surface area contributed by atoms with Crippen molar-refractivity contribution in [2.75, 3.05) is 21.3 Å². The molecule has 3 heterocycles. The van der Waals surface area contributed by atoms with Crippen LogP contribution in [-0.2, 0) is 22.4 Å². The molecule has 1 unspecified atom stereocenters. The number of rotatable bonds is 11. The third kappa shape index (κ3) is 5.80. The summed E-state index contributed by atoms with van der Waals surface area (Å²) in [4.78, 5) is 12.9. The molecule has 0 aliphatic heterocycles. The van der Waals surface area contributed by atoms with Gasteiger partial charge in [-0.25, -0.2) is 4.72 Å². The zero-order chi connectivity index (χ0) is 26.4. The summed E-state index contributed by atoms with van der Waals surface area (Å²) in [5.74, 6) is 1.91. The first-order chi connectivity index (χ1) is 18.0. The Morgan fingerprint density at radius 3 is 2.35 bits per heavy atom. The average Bonchev–Trinajstić information content (AvgIpc) is 3.32. The summed E-state index contributed by atoms with van der Waals surface area (Å²) in [6.45, 7) is 1.81. The maximum absolute atomic E-state index is 11.8. The van der Waals surface area contributed by atoms with Gasteiger partial charge in [0.15, 0.2) is 5.82 Å². The molecule has 0 fully saturated rings. The molecule has 0 amide bonds. The van der Waals surface area contributed by atoms with Gasteiger partial charge in [-0.05, 0) is 31.2 Å². The van der Waals surface area contributed by atoms with E-state index < -0.39 is 23.4 Å². The molecule has 12 nitrogen and oxygen atoms in total. The number of methoxy groups -OCH3 is 3. The van der Waals surface area contributed by atoms with Crippen molar-refractivity contribution in [3.05, 3.63) is 72.3 Å². The van der Waals surface area contributed by atoms with Gasteiger partial charge >= 0.3 is 0 Å². The van der Waals surface area contributed by atoms with E-state index in [9.17, 15) is 8.76 Å². The summed E-state index contributed by atoms with van der Waals surface area (Å²) in [6, 6.07) is 8.22. The summed E-state index contributed by atoms with van der Waals surface area (Å²) in [6.07, 6.45) is 5.78. The predicted octanol–water partition coefficient (Wildman–Crippen LogP) is 2.13. The summed E-state index contributed by atoms with van der Waals surface area (Å²) in [7, 11) is 4.58. The number of nitrogens with zero attached hydrogens (tertiary/aromatic N) is 6. The molecular weight excluding hydrogens is 498 g/mol. The normalized spacial score (nSPS) is 13.6. The molecule has 4 rings (SSSR count). The van der Waals surface area contributed by atoms with Gasteiger partial charge in [-0.15, -0.1) is 10.2 Å². The second-order valence-corrected chi connectivity index (χ2v) is 8.64. The first-order valence-electron chi connectivity index (χ1n) is 11.2. The highest BCUT2D eigenvalue weighted by molar-refractivity contribution is 7.77. The number of hydrogen-bond acceptors (Lipinski definition) is 10. The Morgan fingerprint density at radius 1 is 1.03 bits per heavy atom. The van der Waals surface area contributed by atoms with Crippen molar-refractivity contribution < 1.29 is 23.0 Å². The zero-order valence-corrected chi connectivity index (χ0v) is 21.5. The van der Waals surface area contributed by atoms with E-state index in [4.69, 9.17) is 14.2 Å². The quantitative estimate of drug-likeness (QED) is 0.289. The second kappa shape index (κ2) is 12.0. The standard InChI is InChI=1S/C24H27N7O5S/c1-15-12-27-18(14-26-15)23(36-4)17(30-37(32)33)11-21-28-29-24(16-7-6-10-25-13-16)31(21)22-19(34-2)8-5-9-20(22)35-3/h5-10,12-14,17,23,30H,11H2,1-4H3,(H,32,33)/p-1/t17-,23-/m1/s1. The lowest BCUT2D eigenvalue weighted by Gasteiger charge is -2.27. The van der Waals surface area contributed by atoms with Gasteiger partial charge in [-0.3, -0.25) is 23.7 Å². The van der Waals surface area contributed by atoms with E-state index in [-0.39, 0.29) is 6.42 Å². The lowest BCUT2D eigenvalue weighted by atomic mass is 10.0. The Morgan fingerprint density at radius 2 is 1.78 bits per heavy atom. The lowest BCUT2D eigenvalue weighted by molar-refractivity contribution is 0.0704. The topological polar surface area (TPSA) is 149 Å². The summed E-state index contributed by atoms with van der Waals surface area (Å²) in [5.41, 5.74) is 2.43. The highest BCUT2D eigenvalue weighted by Gasteiger charge is 2.30. The van der Waals surface area contributed by atoms with Crippen LogP contribution in [0.1, 0.15) is 23.3 Å². The predicted molar refractivity (Wildman–Crippen MR) is 134 cm³/mol. The molecule has 0 saturated carbocycles. The van der Waals surface area contributed by atoms with Crippen LogP contribution in [0.5, 0.6) is 11.5 Å². The number of aromatic nitrogens is 6. The number of benzene rings is 1. The molecule has 0 saturated heterocycles. The fraction of sp³-hybridized carbons (Fsp3) is 0.292. The fourth-order valence-corrected chi connectivity index (χ4v) is 4.44. The molecule has 194 valence electrons. The number of aryl methyl sites for hydroxylation is 1. The van der Waals surface area contributed by atoms with Crippen molar-refractivity contribution in [2.45, 2.75) is 25.5 Å². The van der Waals surface area contributed by atoms with Crippen LogP contribution >= 0.6 is 0 Å². The number of para-hydroxylation sites is 1. The first kappa shape index (κ1) is 26.3. The molecule has 1 N–H and O–H groups in total. The van der Waals surface area contributed by atoms with Gasteiger partial charge in [0.25, 0.3) is 0 Å². The molecular formula is C24H26N7O5S-. The van der Waals surface area contributed by atoms with Gasteiger partial charge < -0.3 is 18.8 Å². The molecule has 37 heavy (non-hydrogen) atoms. The van der Waals surface area contributed by atoms with E-state index in [1.807, 2.05) is 13.0 Å². The number of ether oxygens (including phenoxy) is 3. The van der Waals surface area contributed by atoms with Crippen LogP contribution in [-0.4, -0.2) is 65.8 Å². The van der Waals surface area contributed by atoms with Crippen LogP contribution in [0.25, 0.3) is 17.1 Å². The number of pyridine rings is 1. The van der Waals surface area contributed by atoms with Gasteiger partial charge in [0, 0.05) is 49.0 Å². The molecule has 0 aliphatic carbocycles. The minimum absolute atomic E-state index is 0.0799. The molecule has 3 aromatic heterocycles. The van der Waals surface area contributed by atoms with Crippen LogP contribution in [0.2, 0.25) is 0 Å². The zero-order valence-electron chi connectivity index (χ0n) is 20.7. The van der Waals surface area contributed by atoms with Gasteiger partial charge in [0.2, 0.25) is 0 Å². The lowest BCUT2D eigenvalue weighted by Crippen LogP contribution is -2.39. The van der Waals surface area contributed by atoms with Crippen molar-refractivity contribution in [1.29, 1.82) is 0 Å². The maximum Gasteiger partial charge on any atom is 0.170 e. The molecule has 0 aliphatic rings. The molecule has 3 atom stereocenters. The van der Waals surface area contributed by atoms with Crippen LogP contribution in [0.4, 0.5) is 0 Å². The maximum atomic E-state index is 11.8. The SMILES string of the molecule is COc1cccc(OC)c1-n1c(C[C@@H](NS(=O)[O-])[C@@H](OC)c2cnc(C)cn2)nnc1-c1cccnc1. The van der Waals surface area contributed by atoms with Crippen LogP contribution < -0.4 is 14.2 Å². The van der Waals surface area contributed by atoms with E-state index in [0.717, 1.165) is 5.69 Å². The van der Waals surface area contributed by atoms with Gasteiger partial charge in [0.1, 0.15) is 29.1 Å². The number of hydrogen-bond donors (Lipinski definition) is 1. The average molecular weight is 525 g/mol. The highest BCUT2D eigenvalue weighted by Crippen LogP contribution is 2.36. The van der Waals surface area contributed by atoms with Crippen LogP contribution in [0.15, 0.2) is 55.1 Å². The Bertz CT molecular complexity index is 1330. The van der Waals surface area contributed by atoms with E-state index in [1.54, 1.807) is 67.8 Å². The molecule has 13 heteroatoms.